The van der Waals surface area contributed by atoms with Gasteiger partial charge < -0.3 is 25.7 Å². The van der Waals surface area contributed by atoms with Crippen LogP contribution in [0.1, 0.15) is 6.42 Å². The summed E-state index contributed by atoms with van der Waals surface area (Å²) in [5, 5.41) is -0.180. The minimum absolute atomic E-state index is 0.0731. The average Bonchev–Trinajstić information content (AvgIpc) is 2.38. The van der Waals surface area contributed by atoms with E-state index >= 15 is 0 Å². The van der Waals surface area contributed by atoms with E-state index in [1.807, 2.05) is 0 Å². The van der Waals surface area contributed by atoms with Crippen molar-refractivity contribution in [3.05, 3.63) is 16.9 Å². The summed E-state index contributed by atoms with van der Waals surface area (Å²) in [6.07, 6.45) is 0.602. The van der Waals surface area contributed by atoms with Gasteiger partial charge in [-0.3, -0.25) is 0 Å². The van der Waals surface area contributed by atoms with E-state index in [9.17, 15) is 4.39 Å². The molecule has 0 atom stereocenters. The Labute approximate surface area is 116 Å². The molecule has 0 amide bonds. The molecule has 0 aliphatic rings. The number of nitrogen functional groups attached to an aromatic ring is 2. The van der Waals surface area contributed by atoms with Crippen LogP contribution in [0.3, 0.4) is 0 Å². The number of halogens is 2. The number of anilines is 2. The quantitative estimate of drug-likeness (QED) is 0.566. The van der Waals surface area contributed by atoms with Crippen molar-refractivity contribution in [1.29, 1.82) is 0 Å². The lowest BCUT2D eigenvalue weighted by atomic mass is 10.2. The molecule has 5 nitrogen and oxygen atoms in total. The van der Waals surface area contributed by atoms with E-state index in [2.05, 4.69) is 0 Å². The van der Waals surface area contributed by atoms with E-state index in [0.717, 1.165) is 0 Å². The lowest BCUT2D eigenvalue weighted by Gasteiger charge is -2.12. The highest BCUT2D eigenvalue weighted by Gasteiger charge is 2.15. The number of methoxy groups -OCH3 is 1. The van der Waals surface area contributed by atoms with Crippen molar-refractivity contribution in [1.82, 2.24) is 0 Å². The van der Waals surface area contributed by atoms with Gasteiger partial charge in [0.05, 0.1) is 31.2 Å². The first-order valence-corrected chi connectivity index (χ1v) is 6.18. The molecule has 0 saturated carbocycles. The van der Waals surface area contributed by atoms with E-state index < -0.39 is 5.82 Å². The highest BCUT2D eigenvalue weighted by molar-refractivity contribution is 6.33. The Morgan fingerprint density at radius 1 is 1.16 bits per heavy atom. The lowest BCUT2D eigenvalue weighted by molar-refractivity contribution is 0.0643. The zero-order valence-electron chi connectivity index (χ0n) is 10.7. The monoisotopic (exact) mass is 292 g/mol. The largest absolute Gasteiger partial charge is 0.488 e. The van der Waals surface area contributed by atoms with Crippen LogP contribution in [0, 0.1) is 5.82 Å². The van der Waals surface area contributed by atoms with Crippen LogP contribution in [-0.2, 0) is 9.47 Å². The number of ether oxygens (including phenoxy) is 3. The topological polar surface area (TPSA) is 79.7 Å². The lowest BCUT2D eigenvalue weighted by Crippen LogP contribution is -2.08. The van der Waals surface area contributed by atoms with Gasteiger partial charge in [-0.15, -0.1) is 0 Å². The molecule has 0 heterocycles. The van der Waals surface area contributed by atoms with Gasteiger partial charge in [0.1, 0.15) is 5.02 Å². The molecule has 0 aliphatic heterocycles. The standard InChI is InChI=1S/C12H18ClFN2O3/c1-17-5-6-18-3-2-4-19-12-9(16)7-8(15)10(13)11(12)14/h7H,2-6,15-16H2,1H3. The van der Waals surface area contributed by atoms with Crippen molar-refractivity contribution in [2.75, 3.05) is 45.0 Å². The molecule has 0 unspecified atom stereocenters. The van der Waals surface area contributed by atoms with Gasteiger partial charge in [0.15, 0.2) is 11.6 Å². The minimum atomic E-state index is -0.737. The van der Waals surface area contributed by atoms with Crippen molar-refractivity contribution >= 4 is 23.0 Å². The van der Waals surface area contributed by atoms with Crippen LogP contribution in [0.4, 0.5) is 15.8 Å². The second-order valence-electron chi connectivity index (χ2n) is 3.82. The average molecular weight is 293 g/mol. The molecule has 0 spiro atoms. The van der Waals surface area contributed by atoms with Crippen molar-refractivity contribution in [3.63, 3.8) is 0 Å². The highest BCUT2D eigenvalue weighted by Crippen LogP contribution is 2.35. The molecule has 108 valence electrons. The molecule has 0 aliphatic carbocycles. The Morgan fingerprint density at radius 2 is 1.89 bits per heavy atom. The van der Waals surface area contributed by atoms with Crippen LogP contribution >= 0.6 is 11.6 Å². The van der Waals surface area contributed by atoms with Gasteiger partial charge in [0.2, 0.25) is 0 Å². The first-order chi connectivity index (χ1) is 9.07. The van der Waals surface area contributed by atoms with E-state index in [-0.39, 0.29) is 28.8 Å². The van der Waals surface area contributed by atoms with Crippen molar-refractivity contribution in [3.8, 4) is 5.75 Å². The molecule has 1 rings (SSSR count). The summed E-state index contributed by atoms with van der Waals surface area (Å²) in [6.45, 7) is 1.82. The Bertz CT molecular complexity index is 418. The number of hydrogen-bond acceptors (Lipinski definition) is 5. The van der Waals surface area contributed by atoms with Gasteiger partial charge in [-0.1, -0.05) is 11.6 Å². The van der Waals surface area contributed by atoms with Gasteiger partial charge in [-0.05, 0) is 6.07 Å². The van der Waals surface area contributed by atoms with Gasteiger partial charge >= 0.3 is 0 Å². The van der Waals surface area contributed by atoms with Crippen LogP contribution in [0.25, 0.3) is 0 Å². The molecule has 1 aromatic rings. The predicted octanol–water partition coefficient (Wildman–Crippen LogP) is 2.08. The smallest absolute Gasteiger partial charge is 0.187 e. The van der Waals surface area contributed by atoms with E-state index in [1.54, 1.807) is 7.11 Å². The van der Waals surface area contributed by atoms with Crippen molar-refractivity contribution in [2.45, 2.75) is 6.42 Å². The molecule has 0 radical (unpaired) electrons. The molecular weight excluding hydrogens is 275 g/mol. The first kappa shape index (κ1) is 15.8. The fourth-order valence-electron chi connectivity index (χ4n) is 1.38. The summed E-state index contributed by atoms with van der Waals surface area (Å²) in [4.78, 5) is 0. The Kier molecular flexibility index (Phi) is 6.69. The maximum Gasteiger partial charge on any atom is 0.187 e. The van der Waals surface area contributed by atoms with Crippen molar-refractivity contribution < 1.29 is 18.6 Å². The summed E-state index contributed by atoms with van der Waals surface area (Å²) in [5.41, 5.74) is 11.3. The molecule has 0 fully saturated rings. The highest BCUT2D eigenvalue weighted by atomic mass is 35.5. The van der Waals surface area contributed by atoms with Gasteiger partial charge in [0, 0.05) is 20.1 Å². The van der Waals surface area contributed by atoms with Gasteiger partial charge in [-0.25, -0.2) is 4.39 Å². The zero-order chi connectivity index (χ0) is 14.3. The SMILES string of the molecule is COCCOCCCOc1c(N)cc(N)c(Cl)c1F. The van der Waals surface area contributed by atoms with Crippen LogP contribution in [0.2, 0.25) is 5.02 Å². The van der Waals surface area contributed by atoms with Crippen LogP contribution in [0.5, 0.6) is 5.75 Å². The maximum absolute atomic E-state index is 13.7. The summed E-state index contributed by atoms with van der Waals surface area (Å²) < 4.78 is 29.1. The maximum atomic E-state index is 13.7. The summed E-state index contributed by atoms with van der Waals surface area (Å²) in [6, 6.07) is 1.37. The van der Waals surface area contributed by atoms with Crippen molar-refractivity contribution in [2.24, 2.45) is 0 Å². The molecule has 1 aromatic carbocycles. The normalized spacial score (nSPS) is 10.7. The Balaban J connectivity index is 2.39. The molecule has 4 N–H and O–H groups in total. The van der Waals surface area contributed by atoms with E-state index in [0.29, 0.717) is 26.2 Å². The summed E-state index contributed by atoms with van der Waals surface area (Å²) >= 11 is 5.68. The number of hydrogen-bond donors (Lipinski definition) is 2. The number of rotatable bonds is 8. The van der Waals surface area contributed by atoms with Gasteiger partial charge in [0.25, 0.3) is 0 Å². The molecule has 0 bridgehead atoms. The fraction of sp³-hybridized carbons (Fsp3) is 0.500. The van der Waals surface area contributed by atoms with E-state index in [1.165, 1.54) is 6.07 Å². The van der Waals surface area contributed by atoms with Crippen LogP contribution in [-0.4, -0.2) is 33.5 Å². The second-order valence-corrected chi connectivity index (χ2v) is 4.20. The fourth-order valence-corrected chi connectivity index (χ4v) is 1.52. The summed E-state index contributed by atoms with van der Waals surface area (Å²) in [7, 11) is 1.60. The third-order valence-corrected chi connectivity index (χ3v) is 2.71. The predicted molar refractivity (Wildman–Crippen MR) is 73.0 cm³/mol. The number of benzene rings is 1. The molecule has 7 heteroatoms. The molecular formula is C12H18ClFN2O3. The Morgan fingerprint density at radius 3 is 2.58 bits per heavy atom. The van der Waals surface area contributed by atoms with Crippen LogP contribution in [0.15, 0.2) is 6.07 Å². The molecule has 19 heavy (non-hydrogen) atoms. The van der Waals surface area contributed by atoms with E-state index in [4.69, 9.17) is 37.3 Å². The van der Waals surface area contributed by atoms with Gasteiger partial charge in [-0.2, -0.15) is 0 Å². The first-order valence-electron chi connectivity index (χ1n) is 5.80. The second kappa shape index (κ2) is 8.04. The zero-order valence-corrected chi connectivity index (χ0v) is 11.5. The minimum Gasteiger partial charge on any atom is -0.488 e. The Hall–Kier alpha value is -1.24. The third kappa shape index (κ3) is 4.74. The number of nitrogens with two attached hydrogens (primary N) is 2. The third-order valence-electron chi connectivity index (χ3n) is 2.33. The summed E-state index contributed by atoms with van der Waals surface area (Å²) in [5.74, 6) is -0.810. The molecule has 0 aromatic heterocycles. The van der Waals surface area contributed by atoms with Crippen LogP contribution < -0.4 is 16.2 Å². The molecule has 0 saturated heterocycles.